The van der Waals surface area contributed by atoms with E-state index in [1.54, 1.807) is 19.1 Å². The average Bonchev–Trinajstić information content (AvgIpc) is 3.46. The molecular weight excluding hydrogens is 518 g/mol. The molecule has 0 aliphatic carbocycles. The van der Waals surface area contributed by atoms with Crippen LogP contribution < -0.4 is 0 Å². The molecule has 184 valence electrons. The van der Waals surface area contributed by atoms with Gasteiger partial charge in [0.25, 0.3) is 5.69 Å². The van der Waals surface area contributed by atoms with Crippen molar-refractivity contribution < 1.29 is 19.6 Å². The number of fused-ring (bicyclic) bond motifs is 1. The van der Waals surface area contributed by atoms with Crippen LogP contribution in [0.4, 0.5) is 5.69 Å². The molecule has 2 aromatic carbocycles. The van der Waals surface area contributed by atoms with Crippen LogP contribution in [-0.4, -0.2) is 41.9 Å². The zero-order valence-corrected chi connectivity index (χ0v) is 21.6. The molecule has 36 heavy (non-hydrogen) atoms. The van der Waals surface area contributed by atoms with E-state index in [1.165, 1.54) is 40.1 Å². The Kier molecular flexibility index (Phi) is 6.50. The minimum Gasteiger partial charge on any atom is -0.392 e. The standard InChI is InChI=1S/C25H21N3O5S3/c1-2-18(29)19-23(30)27-20(24(31)34)21(22-26-17(13-35-22)15-6-4-3-5-7-15)36-25(19,27)12-14-8-10-16(11-9-14)28(32)33/h3-11,13,18-19,29H,2,12H2,1H3,(H,31,34)/t18-,19+,25+/m0/s1. The summed E-state index contributed by atoms with van der Waals surface area (Å²) in [5, 5.41) is 23.8. The number of thiol groups is 1. The van der Waals surface area contributed by atoms with Crippen LogP contribution in [-0.2, 0) is 16.0 Å². The Labute approximate surface area is 220 Å². The second-order valence-electron chi connectivity index (χ2n) is 8.56. The molecule has 0 spiro atoms. The van der Waals surface area contributed by atoms with E-state index >= 15 is 0 Å². The molecule has 1 amide bonds. The molecule has 0 unspecified atom stereocenters. The van der Waals surface area contributed by atoms with Crippen LogP contribution in [0.3, 0.4) is 0 Å². The van der Waals surface area contributed by atoms with Gasteiger partial charge < -0.3 is 5.11 Å². The van der Waals surface area contributed by atoms with Crippen molar-refractivity contribution in [2.75, 3.05) is 0 Å². The number of thiazole rings is 1. The number of carbonyl (C=O) groups is 2. The van der Waals surface area contributed by atoms with Gasteiger partial charge in [-0.05, 0) is 12.0 Å². The van der Waals surface area contributed by atoms with Crippen LogP contribution in [0.1, 0.15) is 23.9 Å². The first-order valence-corrected chi connectivity index (χ1v) is 13.3. The number of hydrogen-bond acceptors (Lipinski definition) is 8. The Hall–Kier alpha value is -2.99. The summed E-state index contributed by atoms with van der Waals surface area (Å²) in [7, 11) is 0. The summed E-state index contributed by atoms with van der Waals surface area (Å²) >= 11 is 6.80. The smallest absolute Gasteiger partial charge is 0.269 e. The number of nitro groups is 1. The van der Waals surface area contributed by atoms with Crippen LogP contribution in [0.25, 0.3) is 16.2 Å². The number of aliphatic hydroxyl groups excluding tert-OH is 1. The number of amides is 1. The maximum Gasteiger partial charge on any atom is 0.269 e. The third-order valence-corrected chi connectivity index (χ3v) is 9.17. The molecular formula is C25H21N3O5S3. The molecule has 8 nitrogen and oxygen atoms in total. The minimum absolute atomic E-state index is 0.0386. The number of hydrogen-bond donors (Lipinski definition) is 2. The maximum atomic E-state index is 13.3. The molecule has 3 atom stereocenters. The van der Waals surface area contributed by atoms with Gasteiger partial charge in [-0.1, -0.05) is 73.8 Å². The van der Waals surface area contributed by atoms with Crippen molar-refractivity contribution >= 4 is 57.3 Å². The Balaban J connectivity index is 1.57. The monoisotopic (exact) mass is 539 g/mol. The van der Waals surface area contributed by atoms with Gasteiger partial charge in [0.05, 0.1) is 27.5 Å². The molecule has 1 saturated heterocycles. The summed E-state index contributed by atoms with van der Waals surface area (Å²) in [6.07, 6.45) is -0.262. The van der Waals surface area contributed by atoms with Gasteiger partial charge in [-0.25, -0.2) is 4.98 Å². The lowest BCUT2D eigenvalue weighted by atomic mass is 9.77. The molecule has 3 heterocycles. The first-order valence-electron chi connectivity index (χ1n) is 11.2. The maximum absolute atomic E-state index is 13.3. The first kappa shape index (κ1) is 24.7. The summed E-state index contributed by atoms with van der Waals surface area (Å²) in [6, 6.07) is 15.7. The third-order valence-electron chi connectivity index (χ3n) is 6.45. The van der Waals surface area contributed by atoms with E-state index in [2.05, 4.69) is 12.6 Å². The van der Waals surface area contributed by atoms with Crippen LogP contribution >= 0.6 is 35.7 Å². The van der Waals surface area contributed by atoms with Crippen LogP contribution in [0.2, 0.25) is 0 Å². The Morgan fingerprint density at radius 3 is 2.56 bits per heavy atom. The highest BCUT2D eigenvalue weighted by Crippen LogP contribution is 2.63. The minimum atomic E-state index is -0.968. The van der Waals surface area contributed by atoms with Gasteiger partial charge in [-0.15, -0.1) is 11.3 Å². The van der Waals surface area contributed by atoms with E-state index in [0.29, 0.717) is 16.3 Å². The fraction of sp³-hybridized carbons (Fsp3) is 0.240. The van der Waals surface area contributed by atoms with Crippen molar-refractivity contribution in [3.8, 4) is 11.3 Å². The zero-order chi connectivity index (χ0) is 25.6. The molecule has 1 fully saturated rings. The highest BCUT2D eigenvalue weighted by molar-refractivity contribution is 8.10. The molecule has 5 rings (SSSR count). The number of nitrogens with zero attached hydrogens (tertiary/aromatic N) is 3. The third kappa shape index (κ3) is 3.96. The van der Waals surface area contributed by atoms with Gasteiger partial charge in [0.1, 0.15) is 15.6 Å². The van der Waals surface area contributed by atoms with Crippen molar-refractivity contribution in [2.45, 2.75) is 30.7 Å². The Bertz CT molecular complexity index is 1390. The van der Waals surface area contributed by atoms with Gasteiger partial charge in [0.15, 0.2) is 0 Å². The quantitative estimate of drug-likeness (QED) is 0.184. The summed E-state index contributed by atoms with van der Waals surface area (Å²) in [6.45, 7) is 1.80. The fourth-order valence-electron chi connectivity index (χ4n) is 4.74. The Morgan fingerprint density at radius 1 is 1.25 bits per heavy atom. The van der Waals surface area contributed by atoms with Crippen molar-refractivity contribution in [1.82, 2.24) is 9.88 Å². The van der Waals surface area contributed by atoms with E-state index in [9.17, 15) is 24.8 Å². The van der Waals surface area contributed by atoms with E-state index < -0.39 is 26.9 Å². The van der Waals surface area contributed by atoms with E-state index in [1.807, 2.05) is 35.7 Å². The summed E-state index contributed by atoms with van der Waals surface area (Å²) in [4.78, 5) is 42.5. The number of rotatable bonds is 8. The van der Waals surface area contributed by atoms with Crippen molar-refractivity contribution in [3.63, 3.8) is 0 Å². The lowest BCUT2D eigenvalue weighted by Gasteiger charge is -2.55. The molecule has 0 saturated carbocycles. The molecule has 2 aliphatic heterocycles. The molecule has 1 N–H and O–H groups in total. The van der Waals surface area contributed by atoms with E-state index in [0.717, 1.165) is 16.8 Å². The van der Waals surface area contributed by atoms with Crippen molar-refractivity contribution in [2.24, 2.45) is 5.92 Å². The van der Waals surface area contributed by atoms with Gasteiger partial charge >= 0.3 is 0 Å². The molecule has 11 heteroatoms. The molecule has 0 bridgehead atoms. The van der Waals surface area contributed by atoms with Crippen molar-refractivity contribution in [1.29, 1.82) is 0 Å². The predicted octanol–water partition coefficient (Wildman–Crippen LogP) is 4.76. The van der Waals surface area contributed by atoms with Crippen LogP contribution in [0, 0.1) is 16.0 Å². The van der Waals surface area contributed by atoms with Crippen LogP contribution in [0.5, 0.6) is 0 Å². The zero-order valence-electron chi connectivity index (χ0n) is 19.0. The number of benzene rings is 2. The van der Waals surface area contributed by atoms with E-state index in [4.69, 9.17) is 4.98 Å². The number of β-lactam (4-membered cyclic amide) rings is 1. The number of carbonyl (C=O) groups excluding carboxylic acids is 2. The second-order valence-corrected chi connectivity index (χ2v) is 11.1. The number of aromatic nitrogens is 1. The van der Waals surface area contributed by atoms with Gasteiger partial charge in [0, 0.05) is 29.5 Å². The lowest BCUT2D eigenvalue weighted by molar-refractivity contribution is -0.384. The van der Waals surface area contributed by atoms with E-state index in [-0.39, 0.29) is 23.7 Å². The number of nitro benzene ring substituents is 1. The molecule has 1 aromatic heterocycles. The number of thioether (sulfide) groups is 1. The topological polar surface area (TPSA) is 114 Å². The molecule has 2 aliphatic rings. The highest BCUT2D eigenvalue weighted by Gasteiger charge is 2.68. The second kappa shape index (κ2) is 9.47. The summed E-state index contributed by atoms with van der Waals surface area (Å²) in [5.41, 5.74) is 2.55. The first-order chi connectivity index (χ1) is 17.3. The Morgan fingerprint density at radius 2 is 1.94 bits per heavy atom. The SMILES string of the molecule is CC[C@H](O)[C@@H]1C(=O)N2C(C(=O)S)=C(c3nc(-c4ccccc4)cs3)S[C@]12Cc1ccc([N+](=O)[O-])cc1. The summed E-state index contributed by atoms with van der Waals surface area (Å²) in [5.74, 6) is -1.09. The average molecular weight is 540 g/mol. The fourth-order valence-corrected chi connectivity index (χ4v) is 7.72. The van der Waals surface area contributed by atoms with Gasteiger partial charge in [-0.3, -0.25) is 24.6 Å². The highest BCUT2D eigenvalue weighted by atomic mass is 32.2. The lowest BCUT2D eigenvalue weighted by Crippen LogP contribution is -2.71. The predicted molar refractivity (Wildman–Crippen MR) is 142 cm³/mol. The molecule has 0 radical (unpaired) electrons. The number of non-ortho nitro benzene ring substituents is 1. The molecule has 3 aromatic rings. The largest absolute Gasteiger partial charge is 0.392 e. The number of aliphatic hydroxyl groups is 1. The summed E-state index contributed by atoms with van der Waals surface area (Å²) < 4.78 is 0. The van der Waals surface area contributed by atoms with Gasteiger partial charge in [-0.2, -0.15) is 0 Å². The van der Waals surface area contributed by atoms with Gasteiger partial charge in [0.2, 0.25) is 11.0 Å². The van der Waals surface area contributed by atoms with Crippen LogP contribution in [0.15, 0.2) is 65.7 Å². The normalized spacial score (nSPS) is 21.8. The van der Waals surface area contributed by atoms with Crippen molar-refractivity contribution in [3.05, 3.63) is 86.4 Å².